The van der Waals surface area contributed by atoms with Crippen LogP contribution in [0.3, 0.4) is 0 Å². The zero-order valence-corrected chi connectivity index (χ0v) is 11.3. The lowest BCUT2D eigenvalue weighted by Gasteiger charge is -2.09. The molecule has 2 rings (SSSR count). The predicted molar refractivity (Wildman–Crippen MR) is 72.0 cm³/mol. The molecule has 19 heavy (non-hydrogen) atoms. The molecule has 1 aromatic heterocycles. The summed E-state index contributed by atoms with van der Waals surface area (Å²) in [6, 6.07) is 6.03. The van der Waals surface area contributed by atoms with E-state index in [0.717, 1.165) is 12.1 Å². The van der Waals surface area contributed by atoms with Gasteiger partial charge in [0.05, 0.1) is 5.69 Å². The van der Waals surface area contributed by atoms with E-state index in [1.165, 1.54) is 23.5 Å². The van der Waals surface area contributed by atoms with E-state index in [1.54, 1.807) is 12.1 Å². The summed E-state index contributed by atoms with van der Waals surface area (Å²) in [7, 11) is 0. The third-order valence-corrected chi connectivity index (χ3v) is 3.86. The van der Waals surface area contributed by atoms with Crippen LogP contribution in [-0.4, -0.2) is 16.1 Å². The van der Waals surface area contributed by atoms with Gasteiger partial charge in [0.15, 0.2) is 0 Å². The minimum Gasteiger partial charge on any atom is -0.481 e. The van der Waals surface area contributed by atoms with E-state index >= 15 is 0 Å². The summed E-state index contributed by atoms with van der Waals surface area (Å²) in [4.78, 5) is 15.7. The molecule has 100 valence electrons. The van der Waals surface area contributed by atoms with Crippen LogP contribution >= 0.6 is 11.3 Å². The lowest BCUT2D eigenvalue weighted by Crippen LogP contribution is -2.14. The molecule has 0 saturated heterocycles. The molecule has 1 atom stereocenters. The molecule has 1 aromatic carbocycles. The minimum atomic E-state index is -0.929. The Labute approximate surface area is 114 Å². The first-order chi connectivity index (χ1) is 9.10. The summed E-state index contributed by atoms with van der Waals surface area (Å²) in [5.41, 5.74) is 1.56. The lowest BCUT2D eigenvalue weighted by atomic mass is 10.00. The van der Waals surface area contributed by atoms with Gasteiger partial charge < -0.3 is 5.11 Å². The number of rotatable bonds is 5. The third-order valence-electron chi connectivity index (χ3n) is 2.86. The van der Waals surface area contributed by atoms with Gasteiger partial charge >= 0.3 is 5.97 Å². The van der Waals surface area contributed by atoms with Crippen LogP contribution < -0.4 is 0 Å². The standard InChI is InChI=1S/C14H14FNO2S/c1-2-11-8-19-13(16-11)12(14(17)18)7-9-4-3-5-10(15)6-9/h3-6,8,12H,2,7H2,1H3,(H,17,18). The highest BCUT2D eigenvalue weighted by Gasteiger charge is 2.23. The smallest absolute Gasteiger partial charge is 0.313 e. The van der Waals surface area contributed by atoms with Crippen molar-refractivity contribution in [3.63, 3.8) is 0 Å². The van der Waals surface area contributed by atoms with Crippen molar-refractivity contribution in [2.45, 2.75) is 25.7 Å². The van der Waals surface area contributed by atoms with E-state index < -0.39 is 11.9 Å². The van der Waals surface area contributed by atoms with Gasteiger partial charge in [0, 0.05) is 5.38 Å². The molecule has 0 fully saturated rings. The van der Waals surface area contributed by atoms with E-state index in [4.69, 9.17) is 0 Å². The van der Waals surface area contributed by atoms with E-state index in [0.29, 0.717) is 10.6 Å². The third kappa shape index (κ3) is 3.38. The van der Waals surface area contributed by atoms with Crippen LogP contribution in [0.1, 0.15) is 29.1 Å². The number of thiazole rings is 1. The van der Waals surface area contributed by atoms with Crippen LogP contribution in [0.4, 0.5) is 4.39 Å². The van der Waals surface area contributed by atoms with Gasteiger partial charge in [-0.2, -0.15) is 0 Å². The van der Waals surface area contributed by atoms with Crippen LogP contribution in [0.15, 0.2) is 29.6 Å². The molecule has 1 unspecified atom stereocenters. The number of aryl methyl sites for hydroxylation is 1. The zero-order chi connectivity index (χ0) is 13.8. The molecule has 0 bridgehead atoms. The fourth-order valence-corrected chi connectivity index (χ4v) is 2.82. The van der Waals surface area contributed by atoms with Crippen LogP contribution in [0.2, 0.25) is 0 Å². The van der Waals surface area contributed by atoms with Crippen molar-refractivity contribution in [2.24, 2.45) is 0 Å². The number of carbonyl (C=O) groups is 1. The average molecular weight is 279 g/mol. The van der Waals surface area contributed by atoms with Crippen molar-refractivity contribution in [1.82, 2.24) is 4.98 Å². The van der Waals surface area contributed by atoms with Crippen molar-refractivity contribution in [1.29, 1.82) is 0 Å². The molecule has 0 aliphatic rings. The Bertz CT molecular complexity index is 582. The van der Waals surface area contributed by atoms with Crippen LogP contribution in [0.5, 0.6) is 0 Å². The second-order valence-corrected chi connectivity index (χ2v) is 5.15. The van der Waals surface area contributed by atoms with E-state index in [-0.39, 0.29) is 12.2 Å². The Morgan fingerprint density at radius 2 is 2.32 bits per heavy atom. The Balaban J connectivity index is 2.23. The Morgan fingerprint density at radius 3 is 2.89 bits per heavy atom. The van der Waals surface area contributed by atoms with E-state index in [1.807, 2.05) is 12.3 Å². The number of hydrogen-bond donors (Lipinski definition) is 1. The maximum absolute atomic E-state index is 13.1. The number of carboxylic acid groups (broad SMARTS) is 1. The van der Waals surface area contributed by atoms with Gasteiger partial charge in [-0.25, -0.2) is 9.37 Å². The topological polar surface area (TPSA) is 50.2 Å². The summed E-state index contributed by atoms with van der Waals surface area (Å²) in [5, 5.41) is 11.8. The Kier molecular flexibility index (Phi) is 4.27. The molecule has 1 N–H and O–H groups in total. The number of aliphatic carboxylic acids is 1. The number of nitrogens with zero attached hydrogens (tertiary/aromatic N) is 1. The molecule has 0 spiro atoms. The molecule has 0 aliphatic heterocycles. The van der Waals surface area contributed by atoms with Crippen molar-refractivity contribution in [3.05, 3.63) is 51.7 Å². The summed E-state index contributed by atoms with van der Waals surface area (Å²) < 4.78 is 13.1. The number of aromatic nitrogens is 1. The first-order valence-electron chi connectivity index (χ1n) is 6.01. The second kappa shape index (κ2) is 5.93. The summed E-state index contributed by atoms with van der Waals surface area (Å²) >= 11 is 1.35. The molecule has 0 radical (unpaired) electrons. The number of benzene rings is 1. The van der Waals surface area contributed by atoms with Crippen LogP contribution in [-0.2, 0) is 17.6 Å². The first-order valence-corrected chi connectivity index (χ1v) is 6.89. The van der Waals surface area contributed by atoms with Crippen molar-refractivity contribution in [3.8, 4) is 0 Å². The fraction of sp³-hybridized carbons (Fsp3) is 0.286. The van der Waals surface area contributed by atoms with Crippen LogP contribution in [0, 0.1) is 5.82 Å². The summed E-state index contributed by atoms with van der Waals surface area (Å²) in [6.45, 7) is 1.97. The molecular weight excluding hydrogens is 265 g/mol. The largest absolute Gasteiger partial charge is 0.481 e. The van der Waals surface area contributed by atoms with Gasteiger partial charge in [-0.15, -0.1) is 11.3 Å². The van der Waals surface area contributed by atoms with Crippen LogP contribution in [0.25, 0.3) is 0 Å². The number of carboxylic acids is 1. The lowest BCUT2D eigenvalue weighted by molar-refractivity contribution is -0.138. The molecule has 1 heterocycles. The van der Waals surface area contributed by atoms with Gasteiger partial charge in [-0.3, -0.25) is 4.79 Å². The molecule has 0 amide bonds. The minimum absolute atomic E-state index is 0.254. The molecular formula is C14H14FNO2S. The molecule has 0 saturated carbocycles. The normalized spacial score (nSPS) is 12.3. The molecule has 0 aliphatic carbocycles. The van der Waals surface area contributed by atoms with Crippen molar-refractivity contribution < 1.29 is 14.3 Å². The van der Waals surface area contributed by atoms with Gasteiger partial charge in [0.1, 0.15) is 16.7 Å². The maximum atomic E-state index is 13.1. The maximum Gasteiger partial charge on any atom is 0.313 e. The second-order valence-electron chi connectivity index (χ2n) is 4.26. The Hall–Kier alpha value is -1.75. The van der Waals surface area contributed by atoms with Gasteiger partial charge in [0.2, 0.25) is 0 Å². The van der Waals surface area contributed by atoms with E-state index in [2.05, 4.69) is 4.98 Å². The molecule has 2 aromatic rings. The average Bonchev–Trinajstić information content (AvgIpc) is 2.84. The Morgan fingerprint density at radius 1 is 1.53 bits per heavy atom. The zero-order valence-electron chi connectivity index (χ0n) is 10.5. The molecule has 5 heteroatoms. The highest BCUT2D eigenvalue weighted by atomic mass is 32.1. The number of hydrogen-bond acceptors (Lipinski definition) is 3. The van der Waals surface area contributed by atoms with Crippen molar-refractivity contribution in [2.75, 3.05) is 0 Å². The first kappa shape index (κ1) is 13.7. The predicted octanol–water partition coefficient (Wildman–Crippen LogP) is 3.26. The summed E-state index contributed by atoms with van der Waals surface area (Å²) in [6.07, 6.45) is 1.03. The quantitative estimate of drug-likeness (QED) is 0.914. The molecule has 3 nitrogen and oxygen atoms in total. The summed E-state index contributed by atoms with van der Waals surface area (Å²) in [5.74, 6) is -2.00. The van der Waals surface area contributed by atoms with Gasteiger partial charge in [-0.1, -0.05) is 19.1 Å². The highest BCUT2D eigenvalue weighted by molar-refractivity contribution is 7.09. The SMILES string of the molecule is CCc1csc(C(Cc2cccc(F)c2)C(=O)O)n1. The number of halogens is 1. The van der Waals surface area contributed by atoms with Gasteiger partial charge in [-0.05, 0) is 30.5 Å². The van der Waals surface area contributed by atoms with Gasteiger partial charge in [0.25, 0.3) is 0 Å². The monoisotopic (exact) mass is 279 g/mol. The highest BCUT2D eigenvalue weighted by Crippen LogP contribution is 2.25. The van der Waals surface area contributed by atoms with Crippen molar-refractivity contribution >= 4 is 17.3 Å². The fourth-order valence-electron chi connectivity index (χ4n) is 1.82. The van der Waals surface area contributed by atoms with E-state index in [9.17, 15) is 14.3 Å².